The van der Waals surface area contributed by atoms with Crippen molar-refractivity contribution < 1.29 is 5.11 Å². The van der Waals surface area contributed by atoms with Gasteiger partial charge < -0.3 is 14.2 Å². The van der Waals surface area contributed by atoms with E-state index in [0.717, 1.165) is 0 Å². The molecular weight excluding hydrogens is 176 g/mol. The molecule has 0 aliphatic carbocycles. The molecule has 74 valence electrons. The summed E-state index contributed by atoms with van der Waals surface area (Å²) in [5.74, 6) is 0. The minimum absolute atomic E-state index is 0.0556. The minimum Gasteiger partial charge on any atom is -0.389 e. The molecule has 0 aromatic carbocycles. The van der Waals surface area contributed by atoms with Crippen molar-refractivity contribution in [1.29, 1.82) is 0 Å². The smallest absolute Gasteiger partial charge is 0.135 e. The van der Waals surface area contributed by atoms with E-state index in [1.165, 1.54) is 0 Å². The van der Waals surface area contributed by atoms with Crippen molar-refractivity contribution in [2.75, 3.05) is 0 Å². The second kappa shape index (κ2) is 3.72. The molecule has 14 heavy (non-hydrogen) atoms. The quantitative estimate of drug-likeness (QED) is 0.784. The Bertz CT molecular complexity index is 328. The van der Waals surface area contributed by atoms with Crippen molar-refractivity contribution in [3.8, 4) is 0 Å². The van der Waals surface area contributed by atoms with Gasteiger partial charge in [-0.2, -0.15) is 0 Å². The number of aromatic nitrogens is 2. The zero-order valence-electron chi connectivity index (χ0n) is 8.12. The summed E-state index contributed by atoms with van der Waals surface area (Å²) in [5, 5.41) is 9.71. The van der Waals surface area contributed by atoms with E-state index < -0.39 is 6.10 Å². The molecule has 1 unspecified atom stereocenters. The van der Waals surface area contributed by atoms with Crippen LogP contribution in [0.25, 0.3) is 0 Å². The molecule has 2 rings (SSSR count). The fourth-order valence-corrected chi connectivity index (χ4v) is 1.70. The number of aliphatic hydroxyl groups excluding tert-OH is 1. The molecule has 0 aliphatic rings. The maximum Gasteiger partial charge on any atom is 0.135 e. The lowest BCUT2D eigenvalue weighted by atomic mass is 10.3. The minimum atomic E-state index is -0.421. The molecule has 1 atom stereocenters. The van der Waals surface area contributed by atoms with Crippen LogP contribution in [-0.2, 0) is 0 Å². The number of nitrogens with zero attached hydrogens (tertiary/aromatic N) is 2. The molecule has 0 amide bonds. The van der Waals surface area contributed by atoms with Crippen LogP contribution in [0.4, 0.5) is 0 Å². The highest BCUT2D eigenvalue weighted by atomic mass is 16.3. The first-order valence-electron chi connectivity index (χ1n) is 4.72. The van der Waals surface area contributed by atoms with E-state index in [4.69, 9.17) is 0 Å². The molecule has 0 aliphatic heterocycles. The summed E-state index contributed by atoms with van der Waals surface area (Å²) >= 11 is 0. The molecule has 3 nitrogen and oxygen atoms in total. The van der Waals surface area contributed by atoms with E-state index in [9.17, 15) is 5.11 Å². The Labute approximate surface area is 83.2 Å². The molecule has 0 spiro atoms. The standard InChI is InChI=1S/C11H14N2O/c1-10(14)11(12-6-2-3-7-12)13-8-4-5-9-13/h2-11,14H,1H3. The van der Waals surface area contributed by atoms with Crippen molar-refractivity contribution in [1.82, 2.24) is 9.13 Å². The monoisotopic (exact) mass is 190 g/mol. The Kier molecular flexibility index (Phi) is 2.41. The average Bonchev–Trinajstić information content (AvgIpc) is 2.75. The average molecular weight is 190 g/mol. The Morgan fingerprint density at radius 2 is 1.21 bits per heavy atom. The number of hydrogen-bond acceptors (Lipinski definition) is 1. The highest BCUT2D eigenvalue weighted by Crippen LogP contribution is 2.15. The van der Waals surface area contributed by atoms with Gasteiger partial charge in [-0.05, 0) is 31.2 Å². The van der Waals surface area contributed by atoms with Crippen molar-refractivity contribution >= 4 is 0 Å². The van der Waals surface area contributed by atoms with Gasteiger partial charge in [-0.15, -0.1) is 0 Å². The van der Waals surface area contributed by atoms with Gasteiger partial charge in [0.25, 0.3) is 0 Å². The Morgan fingerprint density at radius 3 is 1.50 bits per heavy atom. The third-order valence-corrected chi connectivity index (χ3v) is 2.30. The normalized spacial score (nSPS) is 13.4. The van der Waals surface area contributed by atoms with Crippen LogP contribution in [0.3, 0.4) is 0 Å². The van der Waals surface area contributed by atoms with Gasteiger partial charge >= 0.3 is 0 Å². The molecule has 0 radical (unpaired) electrons. The van der Waals surface area contributed by atoms with Crippen molar-refractivity contribution in [3.05, 3.63) is 49.1 Å². The predicted octanol–water partition coefficient (Wildman–Crippen LogP) is 1.72. The molecule has 1 N–H and O–H groups in total. The molecule has 2 aromatic heterocycles. The molecule has 0 bridgehead atoms. The van der Waals surface area contributed by atoms with Gasteiger partial charge in [0.15, 0.2) is 0 Å². The summed E-state index contributed by atoms with van der Waals surface area (Å²) in [6.45, 7) is 1.80. The molecule has 2 aromatic rings. The lowest BCUT2D eigenvalue weighted by Gasteiger charge is -2.23. The van der Waals surface area contributed by atoms with Crippen LogP contribution in [0.1, 0.15) is 13.1 Å². The molecular formula is C11H14N2O. The second-order valence-electron chi connectivity index (χ2n) is 3.41. The zero-order valence-corrected chi connectivity index (χ0v) is 8.12. The topological polar surface area (TPSA) is 30.1 Å². The molecule has 0 saturated heterocycles. The Hall–Kier alpha value is -1.48. The third-order valence-electron chi connectivity index (χ3n) is 2.30. The highest BCUT2D eigenvalue weighted by Gasteiger charge is 2.16. The van der Waals surface area contributed by atoms with Gasteiger partial charge in [-0.1, -0.05) is 0 Å². The maximum atomic E-state index is 9.71. The fourth-order valence-electron chi connectivity index (χ4n) is 1.70. The van der Waals surface area contributed by atoms with E-state index in [-0.39, 0.29) is 6.17 Å². The maximum absolute atomic E-state index is 9.71. The first kappa shape index (κ1) is 9.09. The van der Waals surface area contributed by atoms with Gasteiger partial charge in [0.2, 0.25) is 0 Å². The van der Waals surface area contributed by atoms with E-state index in [1.54, 1.807) is 6.92 Å². The lowest BCUT2D eigenvalue weighted by Crippen LogP contribution is -2.26. The van der Waals surface area contributed by atoms with Crippen LogP contribution in [0.15, 0.2) is 49.1 Å². The molecule has 0 fully saturated rings. The van der Waals surface area contributed by atoms with Gasteiger partial charge in [0, 0.05) is 24.8 Å². The summed E-state index contributed by atoms with van der Waals surface area (Å²) in [4.78, 5) is 0. The van der Waals surface area contributed by atoms with Crippen molar-refractivity contribution in [2.24, 2.45) is 0 Å². The van der Waals surface area contributed by atoms with Gasteiger partial charge in [0.1, 0.15) is 6.17 Å². The van der Waals surface area contributed by atoms with E-state index in [0.29, 0.717) is 0 Å². The van der Waals surface area contributed by atoms with E-state index in [2.05, 4.69) is 0 Å². The summed E-state index contributed by atoms with van der Waals surface area (Å²) in [6, 6.07) is 7.83. The number of rotatable bonds is 3. The van der Waals surface area contributed by atoms with Crippen LogP contribution in [0.2, 0.25) is 0 Å². The van der Waals surface area contributed by atoms with Crippen LogP contribution in [-0.4, -0.2) is 20.3 Å². The number of aliphatic hydroxyl groups is 1. The predicted molar refractivity (Wildman–Crippen MR) is 55.0 cm³/mol. The summed E-state index contributed by atoms with van der Waals surface area (Å²) in [7, 11) is 0. The lowest BCUT2D eigenvalue weighted by molar-refractivity contribution is 0.114. The van der Waals surface area contributed by atoms with Crippen LogP contribution < -0.4 is 0 Å². The highest BCUT2D eigenvalue weighted by molar-refractivity contribution is 4.99. The Balaban J connectivity index is 2.35. The van der Waals surface area contributed by atoms with E-state index in [1.807, 2.05) is 58.2 Å². The first-order chi connectivity index (χ1) is 6.79. The SMILES string of the molecule is CC(O)C(n1cccc1)n1cccc1. The Morgan fingerprint density at radius 1 is 0.857 bits per heavy atom. The molecule has 3 heteroatoms. The van der Waals surface area contributed by atoms with Gasteiger partial charge in [-0.25, -0.2) is 0 Å². The largest absolute Gasteiger partial charge is 0.389 e. The zero-order chi connectivity index (χ0) is 9.97. The van der Waals surface area contributed by atoms with Crippen molar-refractivity contribution in [3.63, 3.8) is 0 Å². The second-order valence-corrected chi connectivity index (χ2v) is 3.41. The third kappa shape index (κ3) is 1.59. The molecule has 0 saturated carbocycles. The summed E-state index contributed by atoms with van der Waals surface area (Å²) in [6.07, 6.45) is 7.35. The first-order valence-corrected chi connectivity index (χ1v) is 4.72. The summed E-state index contributed by atoms with van der Waals surface area (Å²) in [5.41, 5.74) is 0. The van der Waals surface area contributed by atoms with Gasteiger partial charge in [-0.3, -0.25) is 0 Å². The molecule has 2 heterocycles. The van der Waals surface area contributed by atoms with E-state index >= 15 is 0 Å². The van der Waals surface area contributed by atoms with Crippen molar-refractivity contribution in [2.45, 2.75) is 19.2 Å². The van der Waals surface area contributed by atoms with Crippen LogP contribution in [0.5, 0.6) is 0 Å². The fraction of sp³-hybridized carbons (Fsp3) is 0.273. The van der Waals surface area contributed by atoms with Crippen LogP contribution in [0, 0.1) is 0 Å². The van der Waals surface area contributed by atoms with Gasteiger partial charge in [0.05, 0.1) is 6.10 Å². The summed E-state index contributed by atoms with van der Waals surface area (Å²) < 4.78 is 3.98. The number of hydrogen-bond donors (Lipinski definition) is 1. The van der Waals surface area contributed by atoms with Crippen LogP contribution >= 0.6 is 0 Å².